The second kappa shape index (κ2) is 9.02. The fourth-order valence-electron chi connectivity index (χ4n) is 4.09. The van der Waals surface area contributed by atoms with Crippen LogP contribution in [0, 0.1) is 11.8 Å². The number of hydrogen-bond donors (Lipinski definition) is 1. The molecule has 0 unspecified atom stereocenters. The quantitative estimate of drug-likeness (QED) is 0.807. The van der Waals surface area contributed by atoms with Gasteiger partial charge < -0.3 is 10.2 Å². The molecule has 4 heteroatoms. The van der Waals surface area contributed by atoms with E-state index in [4.69, 9.17) is 0 Å². The summed E-state index contributed by atoms with van der Waals surface area (Å²) in [5.74, 6) is 0.763. The maximum absolute atomic E-state index is 12.4. The highest BCUT2D eigenvalue weighted by Crippen LogP contribution is 2.31. The molecule has 0 spiro atoms. The molecular weight excluding hydrogens is 312 g/mol. The van der Waals surface area contributed by atoms with Gasteiger partial charge in [-0.05, 0) is 56.9 Å². The monoisotopic (exact) mass is 342 g/mol. The van der Waals surface area contributed by atoms with Crippen molar-refractivity contribution in [2.45, 2.75) is 51.4 Å². The molecule has 2 aliphatic rings. The SMILES string of the molecule is O=C(NCCCc1ccccc1)C1CCC(C(=O)N2CCCC2)CC1. The molecule has 1 saturated heterocycles. The van der Waals surface area contributed by atoms with Gasteiger partial charge in [0.15, 0.2) is 0 Å². The van der Waals surface area contributed by atoms with Crippen molar-refractivity contribution >= 4 is 11.8 Å². The Bertz CT molecular complexity index is 559. The van der Waals surface area contributed by atoms with Crippen molar-refractivity contribution in [1.82, 2.24) is 10.2 Å². The van der Waals surface area contributed by atoms with Gasteiger partial charge in [-0.25, -0.2) is 0 Å². The first-order valence-electron chi connectivity index (χ1n) is 9.84. The second-order valence-corrected chi connectivity index (χ2v) is 7.46. The van der Waals surface area contributed by atoms with Gasteiger partial charge in [0.05, 0.1) is 0 Å². The third kappa shape index (κ3) is 5.07. The van der Waals surface area contributed by atoms with Crippen molar-refractivity contribution < 1.29 is 9.59 Å². The van der Waals surface area contributed by atoms with Crippen LogP contribution in [0.4, 0.5) is 0 Å². The Kier molecular flexibility index (Phi) is 6.48. The molecule has 1 aromatic carbocycles. The predicted molar refractivity (Wildman–Crippen MR) is 99.0 cm³/mol. The average molecular weight is 342 g/mol. The van der Waals surface area contributed by atoms with Crippen molar-refractivity contribution in [2.24, 2.45) is 11.8 Å². The van der Waals surface area contributed by atoms with Crippen molar-refractivity contribution in [3.05, 3.63) is 35.9 Å². The second-order valence-electron chi connectivity index (χ2n) is 7.46. The maximum Gasteiger partial charge on any atom is 0.225 e. The third-order valence-corrected chi connectivity index (χ3v) is 5.65. The summed E-state index contributed by atoms with van der Waals surface area (Å²) >= 11 is 0. The predicted octanol–water partition coefficient (Wildman–Crippen LogP) is 3.16. The summed E-state index contributed by atoms with van der Waals surface area (Å²) in [4.78, 5) is 26.8. The number of likely N-dealkylation sites (tertiary alicyclic amines) is 1. The lowest BCUT2D eigenvalue weighted by molar-refractivity contribution is -0.137. The van der Waals surface area contributed by atoms with Crippen molar-refractivity contribution in [3.63, 3.8) is 0 Å². The standard InChI is InChI=1S/C21H30N2O2/c24-20(22-14-6-9-17-7-2-1-3-8-17)18-10-12-19(13-11-18)21(25)23-15-4-5-16-23/h1-3,7-8,18-19H,4-6,9-16H2,(H,22,24). The highest BCUT2D eigenvalue weighted by Gasteiger charge is 2.32. The number of carbonyl (C=O) groups excluding carboxylic acids is 2. The van der Waals surface area contributed by atoms with Gasteiger partial charge in [0.2, 0.25) is 11.8 Å². The van der Waals surface area contributed by atoms with Gasteiger partial charge in [0.25, 0.3) is 0 Å². The lowest BCUT2D eigenvalue weighted by Gasteiger charge is -2.29. The first-order valence-corrected chi connectivity index (χ1v) is 9.84. The molecule has 0 bridgehead atoms. The van der Waals surface area contributed by atoms with E-state index in [0.717, 1.165) is 71.0 Å². The number of benzene rings is 1. The van der Waals surface area contributed by atoms with Gasteiger partial charge in [-0.3, -0.25) is 9.59 Å². The van der Waals surface area contributed by atoms with E-state index in [1.807, 2.05) is 11.0 Å². The van der Waals surface area contributed by atoms with E-state index >= 15 is 0 Å². The van der Waals surface area contributed by atoms with Crippen LogP contribution in [-0.4, -0.2) is 36.3 Å². The third-order valence-electron chi connectivity index (χ3n) is 5.65. The lowest BCUT2D eigenvalue weighted by Crippen LogP contribution is -2.39. The minimum Gasteiger partial charge on any atom is -0.356 e. The number of aryl methyl sites for hydroxylation is 1. The minimum atomic E-state index is 0.0966. The molecule has 4 nitrogen and oxygen atoms in total. The Morgan fingerprint density at radius 2 is 1.60 bits per heavy atom. The molecule has 1 saturated carbocycles. The Balaban J connectivity index is 1.33. The summed E-state index contributed by atoms with van der Waals surface area (Å²) in [6, 6.07) is 10.4. The zero-order valence-corrected chi connectivity index (χ0v) is 15.1. The first-order chi connectivity index (χ1) is 12.2. The zero-order chi connectivity index (χ0) is 17.5. The van der Waals surface area contributed by atoms with Crippen LogP contribution in [0.3, 0.4) is 0 Å². The Labute approximate surface area is 151 Å². The van der Waals surface area contributed by atoms with Gasteiger partial charge in [-0.1, -0.05) is 30.3 Å². The smallest absolute Gasteiger partial charge is 0.225 e. The molecule has 2 fully saturated rings. The van der Waals surface area contributed by atoms with Gasteiger partial charge in [-0.15, -0.1) is 0 Å². The molecule has 1 heterocycles. The fraction of sp³-hybridized carbons (Fsp3) is 0.619. The largest absolute Gasteiger partial charge is 0.356 e. The molecule has 1 aliphatic heterocycles. The normalized spacial score (nSPS) is 23.4. The molecule has 0 aromatic heterocycles. The molecular formula is C21H30N2O2. The van der Waals surface area contributed by atoms with Crippen LogP contribution in [0.5, 0.6) is 0 Å². The molecule has 2 amide bonds. The molecule has 1 aromatic rings. The molecule has 0 radical (unpaired) electrons. The van der Waals surface area contributed by atoms with E-state index < -0.39 is 0 Å². The maximum atomic E-state index is 12.4. The van der Waals surface area contributed by atoms with Crippen molar-refractivity contribution in [1.29, 1.82) is 0 Å². The number of nitrogens with zero attached hydrogens (tertiary/aromatic N) is 1. The van der Waals surface area contributed by atoms with Crippen LogP contribution >= 0.6 is 0 Å². The Hall–Kier alpha value is -1.84. The molecule has 136 valence electrons. The molecule has 1 aliphatic carbocycles. The van der Waals surface area contributed by atoms with E-state index in [-0.39, 0.29) is 17.7 Å². The highest BCUT2D eigenvalue weighted by atomic mass is 16.2. The number of nitrogens with one attached hydrogen (secondary N) is 1. The van der Waals surface area contributed by atoms with Crippen LogP contribution in [0.25, 0.3) is 0 Å². The fourth-order valence-corrected chi connectivity index (χ4v) is 4.09. The Morgan fingerprint density at radius 3 is 2.28 bits per heavy atom. The zero-order valence-electron chi connectivity index (χ0n) is 15.1. The summed E-state index contributed by atoms with van der Waals surface area (Å²) in [7, 11) is 0. The van der Waals surface area contributed by atoms with E-state index in [1.54, 1.807) is 0 Å². The lowest BCUT2D eigenvalue weighted by atomic mass is 9.81. The van der Waals surface area contributed by atoms with Crippen LogP contribution in [0.15, 0.2) is 30.3 Å². The summed E-state index contributed by atoms with van der Waals surface area (Å²) < 4.78 is 0. The number of amides is 2. The average Bonchev–Trinajstić information content (AvgIpc) is 3.20. The topological polar surface area (TPSA) is 49.4 Å². The van der Waals surface area contributed by atoms with Crippen molar-refractivity contribution in [3.8, 4) is 0 Å². The van der Waals surface area contributed by atoms with Crippen LogP contribution in [-0.2, 0) is 16.0 Å². The van der Waals surface area contributed by atoms with Crippen molar-refractivity contribution in [2.75, 3.05) is 19.6 Å². The van der Waals surface area contributed by atoms with Gasteiger partial charge in [0.1, 0.15) is 0 Å². The molecule has 0 atom stereocenters. The molecule has 3 rings (SSSR count). The van der Waals surface area contributed by atoms with Gasteiger partial charge in [0, 0.05) is 31.5 Å². The number of hydrogen-bond acceptors (Lipinski definition) is 2. The van der Waals surface area contributed by atoms with Gasteiger partial charge >= 0.3 is 0 Å². The summed E-state index contributed by atoms with van der Waals surface area (Å²) in [5.41, 5.74) is 1.32. The Morgan fingerprint density at radius 1 is 0.960 bits per heavy atom. The van der Waals surface area contributed by atoms with E-state index in [2.05, 4.69) is 29.6 Å². The highest BCUT2D eigenvalue weighted by molar-refractivity contribution is 5.81. The first kappa shape index (κ1) is 18.0. The van der Waals surface area contributed by atoms with E-state index in [1.165, 1.54) is 5.56 Å². The minimum absolute atomic E-state index is 0.0966. The van der Waals surface area contributed by atoms with Crippen LogP contribution in [0.2, 0.25) is 0 Å². The van der Waals surface area contributed by atoms with E-state index in [0.29, 0.717) is 5.91 Å². The number of rotatable bonds is 6. The number of carbonyl (C=O) groups is 2. The molecule has 1 N–H and O–H groups in total. The summed E-state index contributed by atoms with van der Waals surface area (Å²) in [6.45, 7) is 2.60. The summed E-state index contributed by atoms with van der Waals surface area (Å²) in [6.07, 6.45) is 7.72. The van der Waals surface area contributed by atoms with Gasteiger partial charge in [-0.2, -0.15) is 0 Å². The van der Waals surface area contributed by atoms with Crippen LogP contribution < -0.4 is 5.32 Å². The molecule has 25 heavy (non-hydrogen) atoms. The van der Waals surface area contributed by atoms with E-state index in [9.17, 15) is 9.59 Å². The summed E-state index contributed by atoms with van der Waals surface area (Å²) in [5, 5.41) is 3.09. The van der Waals surface area contributed by atoms with Crippen LogP contribution in [0.1, 0.15) is 50.5 Å².